The van der Waals surface area contributed by atoms with Gasteiger partial charge in [0.2, 0.25) is 0 Å². The molecular weight excluding hydrogens is 214 g/mol. The minimum Gasteiger partial charge on any atom is -0.298 e. The Labute approximate surface area is 92.2 Å². The van der Waals surface area contributed by atoms with Gasteiger partial charge >= 0.3 is 0 Å². The van der Waals surface area contributed by atoms with Gasteiger partial charge in [-0.3, -0.25) is 14.9 Å². The molecule has 0 spiro atoms. The van der Waals surface area contributed by atoms with E-state index in [1.54, 1.807) is 18.2 Å². The van der Waals surface area contributed by atoms with E-state index in [2.05, 4.69) is 12.6 Å². The summed E-state index contributed by atoms with van der Waals surface area (Å²) in [6.45, 7) is 0. The summed E-state index contributed by atoms with van der Waals surface area (Å²) in [6.07, 6.45) is 4.02. The Morgan fingerprint density at radius 3 is 2.53 bits per heavy atom. The Morgan fingerprint density at radius 1 is 1.33 bits per heavy atom. The number of carbonyl (C=O) groups excluding carboxylic acids is 1. The summed E-state index contributed by atoms with van der Waals surface area (Å²) in [6, 6.07) is 4.23. The van der Waals surface area contributed by atoms with Gasteiger partial charge in [0.15, 0.2) is 0 Å². The largest absolute Gasteiger partial charge is 0.298 e. The first-order valence-corrected chi connectivity index (χ1v) is 4.82. The van der Waals surface area contributed by atoms with Gasteiger partial charge in [-0.15, -0.1) is 0 Å². The second kappa shape index (κ2) is 5.31. The summed E-state index contributed by atoms with van der Waals surface area (Å²) < 4.78 is 0. The van der Waals surface area contributed by atoms with Crippen LogP contribution in [0.1, 0.15) is 15.9 Å². The molecule has 78 valence electrons. The third-order valence-corrected chi connectivity index (χ3v) is 1.94. The molecular formula is C10H9NO3S. The molecule has 0 amide bonds. The topological polar surface area (TPSA) is 60.2 Å². The van der Waals surface area contributed by atoms with E-state index < -0.39 is 4.92 Å². The third kappa shape index (κ3) is 3.21. The zero-order chi connectivity index (χ0) is 11.3. The lowest BCUT2D eigenvalue weighted by molar-refractivity contribution is -0.384. The van der Waals surface area contributed by atoms with Crippen molar-refractivity contribution in [2.24, 2.45) is 0 Å². The number of benzene rings is 1. The van der Waals surface area contributed by atoms with Gasteiger partial charge in [0.1, 0.15) is 6.29 Å². The van der Waals surface area contributed by atoms with Crippen molar-refractivity contribution in [1.29, 1.82) is 0 Å². The third-order valence-electron chi connectivity index (χ3n) is 1.73. The van der Waals surface area contributed by atoms with Crippen molar-refractivity contribution in [3.8, 4) is 0 Å². The number of non-ortho nitro benzene ring substituents is 1. The summed E-state index contributed by atoms with van der Waals surface area (Å²) in [7, 11) is 0. The van der Waals surface area contributed by atoms with Crippen molar-refractivity contribution < 1.29 is 9.72 Å². The van der Waals surface area contributed by atoms with Crippen molar-refractivity contribution in [2.45, 2.75) is 0 Å². The van der Waals surface area contributed by atoms with Gasteiger partial charge in [0.05, 0.1) is 4.92 Å². The second-order valence-electron chi connectivity index (χ2n) is 2.82. The number of nitro groups is 1. The van der Waals surface area contributed by atoms with E-state index in [0.717, 1.165) is 0 Å². The fraction of sp³-hybridized carbons (Fsp3) is 0.100. The SMILES string of the molecule is O=Cc1cc(C=CCS)cc([N+](=O)[O-])c1. The van der Waals surface area contributed by atoms with Crippen molar-refractivity contribution in [2.75, 3.05) is 5.75 Å². The highest BCUT2D eigenvalue weighted by atomic mass is 32.1. The molecule has 0 radical (unpaired) electrons. The molecule has 0 bridgehead atoms. The van der Waals surface area contributed by atoms with Crippen LogP contribution in [0.3, 0.4) is 0 Å². The zero-order valence-electron chi connectivity index (χ0n) is 7.79. The molecule has 0 unspecified atom stereocenters. The van der Waals surface area contributed by atoms with Crippen LogP contribution in [0.2, 0.25) is 0 Å². The van der Waals surface area contributed by atoms with Gasteiger partial charge in [-0.25, -0.2) is 0 Å². The summed E-state index contributed by atoms with van der Waals surface area (Å²) in [4.78, 5) is 20.6. The lowest BCUT2D eigenvalue weighted by Crippen LogP contribution is -1.91. The molecule has 1 aromatic rings. The molecule has 0 saturated heterocycles. The average Bonchev–Trinajstić information content (AvgIpc) is 2.25. The molecule has 0 atom stereocenters. The van der Waals surface area contributed by atoms with Crippen LogP contribution < -0.4 is 0 Å². The predicted octanol–water partition coefficient (Wildman–Crippen LogP) is 2.35. The van der Waals surface area contributed by atoms with Crippen molar-refractivity contribution in [3.63, 3.8) is 0 Å². The van der Waals surface area contributed by atoms with Crippen LogP contribution in [-0.2, 0) is 0 Å². The van der Waals surface area contributed by atoms with E-state index in [9.17, 15) is 14.9 Å². The second-order valence-corrected chi connectivity index (χ2v) is 3.18. The predicted molar refractivity (Wildman–Crippen MR) is 61.4 cm³/mol. The lowest BCUT2D eigenvalue weighted by atomic mass is 10.1. The number of nitro benzene ring substituents is 1. The molecule has 0 aliphatic heterocycles. The number of carbonyl (C=O) groups is 1. The van der Waals surface area contributed by atoms with Crippen LogP contribution in [0.4, 0.5) is 5.69 Å². The first-order valence-electron chi connectivity index (χ1n) is 4.19. The fourth-order valence-corrected chi connectivity index (χ4v) is 1.22. The maximum atomic E-state index is 10.5. The standard InChI is InChI=1S/C10H9NO3S/c12-7-9-4-8(2-1-3-15)5-10(6-9)11(13)14/h1-2,4-7,15H,3H2. The quantitative estimate of drug-likeness (QED) is 0.369. The molecule has 15 heavy (non-hydrogen) atoms. The van der Waals surface area contributed by atoms with Gasteiger partial charge in [-0.05, 0) is 11.6 Å². The number of nitrogens with zero attached hydrogens (tertiary/aromatic N) is 1. The molecule has 1 rings (SSSR count). The summed E-state index contributed by atoms with van der Waals surface area (Å²) in [5, 5.41) is 10.5. The van der Waals surface area contributed by atoms with Crippen LogP contribution >= 0.6 is 12.6 Å². The van der Waals surface area contributed by atoms with Crippen LogP contribution in [0.25, 0.3) is 6.08 Å². The number of hydrogen-bond donors (Lipinski definition) is 1. The molecule has 0 fully saturated rings. The van der Waals surface area contributed by atoms with Crippen molar-refractivity contribution in [3.05, 3.63) is 45.5 Å². The normalized spacial score (nSPS) is 10.5. The van der Waals surface area contributed by atoms with E-state index >= 15 is 0 Å². The smallest absolute Gasteiger partial charge is 0.270 e. The van der Waals surface area contributed by atoms with Crippen LogP contribution in [-0.4, -0.2) is 17.0 Å². The first-order chi connectivity index (χ1) is 7.17. The minimum atomic E-state index is -0.523. The average molecular weight is 223 g/mol. The van der Waals surface area contributed by atoms with E-state index in [-0.39, 0.29) is 5.69 Å². The molecule has 4 nitrogen and oxygen atoms in total. The monoisotopic (exact) mass is 223 g/mol. The maximum absolute atomic E-state index is 10.5. The van der Waals surface area contributed by atoms with Crippen molar-refractivity contribution >= 4 is 30.7 Å². The Morgan fingerprint density at radius 2 is 2.00 bits per heavy atom. The molecule has 0 N–H and O–H groups in total. The van der Waals surface area contributed by atoms with E-state index in [1.165, 1.54) is 12.1 Å². The first kappa shape index (κ1) is 11.5. The summed E-state index contributed by atoms with van der Waals surface area (Å²) >= 11 is 3.98. The van der Waals surface area contributed by atoms with Crippen LogP contribution in [0, 0.1) is 10.1 Å². The number of thiol groups is 1. The van der Waals surface area contributed by atoms with Crippen LogP contribution in [0.15, 0.2) is 24.3 Å². The van der Waals surface area contributed by atoms with Gasteiger partial charge in [-0.1, -0.05) is 12.2 Å². The van der Waals surface area contributed by atoms with Crippen LogP contribution in [0.5, 0.6) is 0 Å². The summed E-state index contributed by atoms with van der Waals surface area (Å²) in [5.74, 6) is 0.541. The van der Waals surface area contributed by atoms with E-state index in [1.807, 2.05) is 0 Å². The highest BCUT2D eigenvalue weighted by Crippen LogP contribution is 2.17. The summed E-state index contributed by atoms with van der Waals surface area (Å²) in [5.41, 5.74) is 0.835. The molecule has 5 heteroatoms. The molecule has 0 aliphatic rings. The number of aldehydes is 1. The Balaban J connectivity index is 3.16. The number of hydrogen-bond acceptors (Lipinski definition) is 4. The van der Waals surface area contributed by atoms with Gasteiger partial charge < -0.3 is 0 Å². The fourth-order valence-electron chi connectivity index (χ4n) is 1.12. The van der Waals surface area contributed by atoms with Gasteiger partial charge in [-0.2, -0.15) is 12.6 Å². The Bertz CT molecular complexity index is 415. The Kier molecular flexibility index (Phi) is 4.05. The molecule has 0 aromatic heterocycles. The van der Waals surface area contributed by atoms with E-state index in [4.69, 9.17) is 0 Å². The lowest BCUT2D eigenvalue weighted by Gasteiger charge is -1.96. The zero-order valence-corrected chi connectivity index (χ0v) is 8.68. The van der Waals surface area contributed by atoms with E-state index in [0.29, 0.717) is 23.2 Å². The molecule has 0 saturated carbocycles. The van der Waals surface area contributed by atoms with Crippen molar-refractivity contribution in [1.82, 2.24) is 0 Å². The highest BCUT2D eigenvalue weighted by Gasteiger charge is 2.07. The maximum Gasteiger partial charge on any atom is 0.270 e. The molecule has 1 aromatic carbocycles. The number of rotatable bonds is 4. The highest BCUT2D eigenvalue weighted by molar-refractivity contribution is 7.80. The minimum absolute atomic E-state index is 0.0848. The molecule has 0 heterocycles. The van der Waals surface area contributed by atoms with Gasteiger partial charge in [0.25, 0.3) is 5.69 Å². The molecule has 0 aliphatic carbocycles. The van der Waals surface area contributed by atoms with Gasteiger partial charge in [0, 0.05) is 23.4 Å². The Hall–Kier alpha value is -1.62.